The van der Waals surface area contributed by atoms with Crippen LogP contribution in [-0.4, -0.2) is 5.11 Å². The molecular formula is C9H10F2O. The summed E-state index contributed by atoms with van der Waals surface area (Å²) in [5.74, 6) is -1.38. The van der Waals surface area contributed by atoms with Crippen molar-refractivity contribution >= 4 is 0 Å². The molecule has 0 fully saturated rings. The average molecular weight is 172 g/mol. The average Bonchev–Trinajstić information content (AvgIpc) is 2.03. The van der Waals surface area contributed by atoms with Gasteiger partial charge in [-0.05, 0) is 18.6 Å². The number of rotatable bonds is 2. The predicted octanol–water partition coefficient (Wildman–Crippen LogP) is 2.41. The third-order valence-corrected chi connectivity index (χ3v) is 1.72. The van der Waals surface area contributed by atoms with Gasteiger partial charge in [0.2, 0.25) is 0 Å². The van der Waals surface area contributed by atoms with Crippen LogP contribution in [0.4, 0.5) is 8.78 Å². The predicted molar refractivity (Wildman–Crippen MR) is 41.6 cm³/mol. The second kappa shape index (κ2) is 3.63. The molecule has 0 bridgehead atoms. The zero-order chi connectivity index (χ0) is 9.14. The van der Waals surface area contributed by atoms with E-state index >= 15 is 0 Å². The fraction of sp³-hybridized carbons (Fsp3) is 0.333. The molecule has 0 radical (unpaired) electrons. The Kier molecular flexibility index (Phi) is 2.76. The van der Waals surface area contributed by atoms with E-state index in [2.05, 4.69) is 0 Å². The van der Waals surface area contributed by atoms with Crippen LogP contribution in [0, 0.1) is 11.6 Å². The van der Waals surface area contributed by atoms with Crippen LogP contribution in [0.25, 0.3) is 0 Å². The van der Waals surface area contributed by atoms with Gasteiger partial charge in [-0.2, -0.15) is 0 Å². The molecule has 66 valence electrons. The number of hydrogen-bond donors (Lipinski definition) is 1. The van der Waals surface area contributed by atoms with Crippen LogP contribution < -0.4 is 0 Å². The van der Waals surface area contributed by atoms with Crippen molar-refractivity contribution < 1.29 is 13.9 Å². The van der Waals surface area contributed by atoms with E-state index in [9.17, 15) is 13.9 Å². The molecule has 3 heteroatoms. The molecule has 0 aliphatic heterocycles. The standard InChI is InChI=1S/C9H10F2O/c1-2-8(12)9-6(10)4-3-5-7(9)11/h3-5,8,12H,2H2,1H3/t8-/m0/s1. The summed E-state index contributed by atoms with van der Waals surface area (Å²) in [6.45, 7) is 1.66. The summed E-state index contributed by atoms with van der Waals surface area (Å²) in [5.41, 5.74) is -0.236. The highest BCUT2D eigenvalue weighted by molar-refractivity contribution is 5.21. The van der Waals surface area contributed by atoms with Crippen molar-refractivity contribution in [2.75, 3.05) is 0 Å². The fourth-order valence-corrected chi connectivity index (χ4v) is 1.03. The molecule has 0 heterocycles. The zero-order valence-corrected chi connectivity index (χ0v) is 6.72. The van der Waals surface area contributed by atoms with Crippen molar-refractivity contribution in [3.63, 3.8) is 0 Å². The normalized spacial score (nSPS) is 13.0. The molecule has 12 heavy (non-hydrogen) atoms. The molecule has 0 aromatic heterocycles. The molecule has 0 spiro atoms. The topological polar surface area (TPSA) is 20.2 Å². The van der Waals surface area contributed by atoms with Gasteiger partial charge in [0, 0.05) is 0 Å². The summed E-state index contributed by atoms with van der Waals surface area (Å²) >= 11 is 0. The number of benzene rings is 1. The molecule has 0 aliphatic carbocycles. The van der Waals surface area contributed by atoms with Gasteiger partial charge in [0.05, 0.1) is 11.7 Å². The van der Waals surface area contributed by atoms with Gasteiger partial charge in [0.25, 0.3) is 0 Å². The molecule has 1 aromatic carbocycles. The summed E-state index contributed by atoms with van der Waals surface area (Å²) in [7, 11) is 0. The molecule has 1 nitrogen and oxygen atoms in total. The fourth-order valence-electron chi connectivity index (χ4n) is 1.03. The third kappa shape index (κ3) is 1.61. The van der Waals surface area contributed by atoms with E-state index in [-0.39, 0.29) is 5.56 Å². The minimum atomic E-state index is -1.05. The number of aliphatic hydroxyl groups excluding tert-OH is 1. The smallest absolute Gasteiger partial charge is 0.131 e. The van der Waals surface area contributed by atoms with E-state index in [0.717, 1.165) is 12.1 Å². The maximum Gasteiger partial charge on any atom is 0.131 e. The lowest BCUT2D eigenvalue weighted by atomic mass is 10.1. The highest BCUT2D eigenvalue weighted by atomic mass is 19.1. The third-order valence-electron chi connectivity index (χ3n) is 1.72. The van der Waals surface area contributed by atoms with Crippen molar-refractivity contribution in [2.45, 2.75) is 19.4 Å². The van der Waals surface area contributed by atoms with Gasteiger partial charge in [-0.3, -0.25) is 0 Å². The van der Waals surface area contributed by atoms with Gasteiger partial charge in [-0.15, -0.1) is 0 Å². The molecule has 0 unspecified atom stereocenters. The Balaban J connectivity index is 3.12. The Morgan fingerprint density at radius 2 is 1.83 bits per heavy atom. The molecule has 1 N–H and O–H groups in total. The first-order valence-corrected chi connectivity index (χ1v) is 3.78. The maximum absolute atomic E-state index is 12.9. The van der Waals surface area contributed by atoms with Crippen LogP contribution in [0.2, 0.25) is 0 Å². The number of hydrogen-bond acceptors (Lipinski definition) is 1. The van der Waals surface area contributed by atoms with E-state index in [4.69, 9.17) is 0 Å². The molecule has 1 atom stereocenters. The van der Waals surface area contributed by atoms with Crippen LogP contribution in [0.15, 0.2) is 18.2 Å². The Hall–Kier alpha value is -0.960. The summed E-state index contributed by atoms with van der Waals surface area (Å²) in [5, 5.41) is 9.21. The Morgan fingerprint density at radius 3 is 2.25 bits per heavy atom. The Morgan fingerprint density at radius 1 is 1.33 bits per heavy atom. The van der Waals surface area contributed by atoms with Gasteiger partial charge >= 0.3 is 0 Å². The largest absolute Gasteiger partial charge is 0.388 e. The van der Waals surface area contributed by atoms with Gasteiger partial charge in [0.1, 0.15) is 11.6 Å². The van der Waals surface area contributed by atoms with Crippen LogP contribution in [0.5, 0.6) is 0 Å². The number of halogens is 2. The van der Waals surface area contributed by atoms with Crippen LogP contribution in [0.3, 0.4) is 0 Å². The lowest BCUT2D eigenvalue weighted by Crippen LogP contribution is -2.02. The molecule has 1 aromatic rings. The van der Waals surface area contributed by atoms with E-state index in [0.29, 0.717) is 6.42 Å². The summed E-state index contributed by atoms with van der Waals surface area (Å²) in [6, 6.07) is 3.55. The van der Waals surface area contributed by atoms with Gasteiger partial charge < -0.3 is 5.11 Å². The molecule has 0 aliphatic rings. The van der Waals surface area contributed by atoms with Crippen molar-refractivity contribution in [1.29, 1.82) is 0 Å². The molecule has 0 saturated heterocycles. The molecule has 1 rings (SSSR count). The van der Waals surface area contributed by atoms with Crippen molar-refractivity contribution in [1.82, 2.24) is 0 Å². The van der Waals surface area contributed by atoms with Crippen LogP contribution in [-0.2, 0) is 0 Å². The molecule has 0 saturated carbocycles. The summed E-state index contributed by atoms with van der Waals surface area (Å²) in [4.78, 5) is 0. The van der Waals surface area contributed by atoms with E-state index in [1.54, 1.807) is 6.92 Å². The van der Waals surface area contributed by atoms with Crippen molar-refractivity contribution in [3.8, 4) is 0 Å². The second-order valence-corrected chi connectivity index (χ2v) is 2.56. The lowest BCUT2D eigenvalue weighted by molar-refractivity contribution is 0.164. The molecular weight excluding hydrogens is 162 g/mol. The highest BCUT2D eigenvalue weighted by Gasteiger charge is 2.15. The monoisotopic (exact) mass is 172 g/mol. The summed E-state index contributed by atoms with van der Waals surface area (Å²) < 4.78 is 25.8. The lowest BCUT2D eigenvalue weighted by Gasteiger charge is -2.09. The van der Waals surface area contributed by atoms with E-state index < -0.39 is 17.7 Å². The minimum Gasteiger partial charge on any atom is -0.388 e. The zero-order valence-electron chi connectivity index (χ0n) is 6.72. The quantitative estimate of drug-likeness (QED) is 0.726. The summed E-state index contributed by atoms with van der Waals surface area (Å²) in [6.07, 6.45) is -0.746. The Bertz CT molecular complexity index is 253. The van der Waals surface area contributed by atoms with Gasteiger partial charge in [-0.1, -0.05) is 13.0 Å². The number of aliphatic hydroxyl groups is 1. The SMILES string of the molecule is CC[C@H](O)c1c(F)cccc1F. The van der Waals surface area contributed by atoms with E-state index in [1.807, 2.05) is 0 Å². The highest BCUT2D eigenvalue weighted by Crippen LogP contribution is 2.22. The van der Waals surface area contributed by atoms with Crippen molar-refractivity contribution in [3.05, 3.63) is 35.4 Å². The maximum atomic E-state index is 12.9. The van der Waals surface area contributed by atoms with Gasteiger partial charge in [-0.25, -0.2) is 8.78 Å². The minimum absolute atomic E-state index is 0.236. The Labute approximate surface area is 69.7 Å². The second-order valence-electron chi connectivity index (χ2n) is 2.56. The van der Waals surface area contributed by atoms with Crippen LogP contribution >= 0.6 is 0 Å². The first-order chi connectivity index (χ1) is 5.66. The van der Waals surface area contributed by atoms with Crippen molar-refractivity contribution in [2.24, 2.45) is 0 Å². The van der Waals surface area contributed by atoms with E-state index in [1.165, 1.54) is 6.07 Å². The first kappa shape index (κ1) is 9.13. The molecule has 0 amide bonds. The van der Waals surface area contributed by atoms with Gasteiger partial charge in [0.15, 0.2) is 0 Å². The van der Waals surface area contributed by atoms with Crippen LogP contribution in [0.1, 0.15) is 25.0 Å². The first-order valence-electron chi connectivity index (χ1n) is 3.78.